The van der Waals surface area contributed by atoms with Crippen molar-refractivity contribution in [1.29, 1.82) is 0 Å². The molecule has 24 heavy (non-hydrogen) atoms. The summed E-state index contributed by atoms with van der Waals surface area (Å²) in [5.74, 6) is 0. The Balaban J connectivity index is 0. The zero-order valence-electron chi connectivity index (χ0n) is 17.8. The number of benzene rings is 2. The van der Waals surface area contributed by atoms with Crippen LogP contribution in [-0.2, 0) is 10.8 Å². The van der Waals surface area contributed by atoms with Crippen LogP contribution < -0.4 is 0 Å². The van der Waals surface area contributed by atoms with Gasteiger partial charge in [0.15, 0.2) is 0 Å². The van der Waals surface area contributed by atoms with Gasteiger partial charge >= 0.3 is 0 Å². The molecule has 0 fully saturated rings. The van der Waals surface area contributed by atoms with E-state index in [0.29, 0.717) is 10.8 Å². The second-order valence-corrected chi connectivity index (χ2v) is 7.23. The van der Waals surface area contributed by atoms with E-state index in [1.165, 1.54) is 11.1 Å². The van der Waals surface area contributed by atoms with Gasteiger partial charge in [0.2, 0.25) is 0 Å². The number of hydrogen-bond acceptors (Lipinski definition) is 0. The lowest BCUT2D eigenvalue weighted by molar-refractivity contribution is 0.590. The first-order valence-electron chi connectivity index (χ1n) is 9.32. The summed E-state index contributed by atoms with van der Waals surface area (Å²) in [5, 5.41) is 0. The summed E-state index contributed by atoms with van der Waals surface area (Å²) in [6.07, 6.45) is 0. The lowest BCUT2D eigenvalue weighted by Crippen LogP contribution is -2.10. The van der Waals surface area contributed by atoms with Crippen molar-refractivity contribution in [1.82, 2.24) is 0 Å². The predicted octanol–water partition coefficient (Wildman–Crippen LogP) is 8.02. The van der Waals surface area contributed by atoms with Gasteiger partial charge < -0.3 is 0 Å². The second kappa shape index (κ2) is 12.8. The largest absolute Gasteiger partial charge is 0.0683 e. The zero-order valence-corrected chi connectivity index (χ0v) is 17.8. The molecule has 0 heterocycles. The third-order valence-corrected chi connectivity index (χ3v) is 3.28. The Labute approximate surface area is 152 Å². The predicted molar refractivity (Wildman–Crippen MR) is 113 cm³/mol. The molecule has 2 aromatic carbocycles. The van der Waals surface area contributed by atoms with Gasteiger partial charge in [-0.05, 0) is 22.0 Å². The van der Waals surface area contributed by atoms with Gasteiger partial charge in [0.05, 0.1) is 0 Å². The highest BCUT2D eigenvalue weighted by Gasteiger charge is 2.11. The molecule has 0 N–H and O–H groups in total. The summed E-state index contributed by atoms with van der Waals surface area (Å²) >= 11 is 0. The van der Waals surface area contributed by atoms with Crippen molar-refractivity contribution in [2.24, 2.45) is 0 Å². The van der Waals surface area contributed by atoms with Gasteiger partial charge in [0.1, 0.15) is 0 Å². The van der Waals surface area contributed by atoms with Crippen LogP contribution in [0.1, 0.15) is 80.4 Å². The summed E-state index contributed by atoms with van der Waals surface area (Å²) in [7, 11) is 0. The highest BCUT2D eigenvalue weighted by Crippen LogP contribution is 2.21. The third kappa shape index (κ3) is 11.0. The minimum absolute atomic E-state index is 0.293. The van der Waals surface area contributed by atoms with Crippen LogP contribution >= 0.6 is 0 Å². The van der Waals surface area contributed by atoms with E-state index in [0.717, 1.165) is 0 Å². The van der Waals surface area contributed by atoms with E-state index in [1.54, 1.807) is 0 Å². The van der Waals surface area contributed by atoms with E-state index >= 15 is 0 Å². The van der Waals surface area contributed by atoms with Crippen LogP contribution in [0.15, 0.2) is 60.7 Å². The van der Waals surface area contributed by atoms with E-state index in [2.05, 4.69) is 102 Å². The van der Waals surface area contributed by atoms with Crippen LogP contribution in [0.4, 0.5) is 0 Å². The maximum Gasteiger partial charge on any atom is -0.0132 e. The molecule has 0 amide bonds. The van der Waals surface area contributed by atoms with E-state index in [4.69, 9.17) is 0 Å². The lowest BCUT2D eigenvalue weighted by atomic mass is 9.87. The average Bonchev–Trinajstić information content (AvgIpc) is 2.59. The summed E-state index contributed by atoms with van der Waals surface area (Å²) in [6, 6.07) is 21.1. The standard InChI is InChI=1S/2C10H14.2C2H6/c2*1-10(2,3)9-7-5-4-6-8-9;2*1-2/h2*4-8H,1-3H3;2*1-2H3. The fourth-order valence-corrected chi connectivity index (χ4v) is 1.88. The normalized spacial score (nSPS) is 10.1. The van der Waals surface area contributed by atoms with Gasteiger partial charge in [0, 0.05) is 0 Å². The van der Waals surface area contributed by atoms with Gasteiger partial charge in [-0.25, -0.2) is 0 Å². The van der Waals surface area contributed by atoms with Crippen molar-refractivity contribution < 1.29 is 0 Å². The lowest BCUT2D eigenvalue weighted by Gasteiger charge is -2.18. The number of rotatable bonds is 0. The summed E-state index contributed by atoms with van der Waals surface area (Å²) in [4.78, 5) is 0. The number of hydrogen-bond donors (Lipinski definition) is 0. The van der Waals surface area contributed by atoms with Crippen LogP contribution in [0.2, 0.25) is 0 Å². The molecule has 0 bridgehead atoms. The zero-order chi connectivity index (χ0) is 19.2. The molecule has 0 aromatic heterocycles. The molecule has 0 heteroatoms. The molecule has 0 saturated carbocycles. The first-order chi connectivity index (χ1) is 11.2. The monoisotopic (exact) mass is 328 g/mol. The molecule has 0 nitrogen and oxygen atoms in total. The molecule has 0 saturated heterocycles. The van der Waals surface area contributed by atoms with Gasteiger partial charge in [-0.3, -0.25) is 0 Å². The molecule has 0 radical (unpaired) electrons. The Morgan fingerprint density at radius 3 is 0.750 bits per heavy atom. The van der Waals surface area contributed by atoms with E-state index in [-0.39, 0.29) is 0 Å². The van der Waals surface area contributed by atoms with Gasteiger partial charge in [0.25, 0.3) is 0 Å². The maximum absolute atomic E-state index is 2.22. The Kier molecular flexibility index (Phi) is 13.2. The minimum Gasteiger partial charge on any atom is -0.0683 e. The van der Waals surface area contributed by atoms with Crippen molar-refractivity contribution in [3.05, 3.63) is 71.8 Å². The van der Waals surface area contributed by atoms with Crippen molar-refractivity contribution >= 4 is 0 Å². The van der Waals surface area contributed by atoms with Gasteiger partial charge in [-0.2, -0.15) is 0 Å². The first kappa shape index (κ1) is 24.7. The van der Waals surface area contributed by atoms with Crippen molar-refractivity contribution in [3.8, 4) is 0 Å². The molecule has 0 unspecified atom stereocenters. The summed E-state index contributed by atoms with van der Waals surface area (Å²) in [5.41, 5.74) is 3.38. The minimum atomic E-state index is 0.293. The smallest absolute Gasteiger partial charge is 0.0132 e. The van der Waals surface area contributed by atoms with E-state index in [1.807, 2.05) is 27.7 Å². The average molecular weight is 329 g/mol. The van der Waals surface area contributed by atoms with Crippen molar-refractivity contribution in [3.63, 3.8) is 0 Å². The molecule has 2 aromatic rings. The summed E-state index contributed by atoms with van der Waals surface area (Å²) in [6.45, 7) is 21.3. The van der Waals surface area contributed by atoms with Gasteiger partial charge in [-0.15, -0.1) is 0 Å². The van der Waals surface area contributed by atoms with Crippen molar-refractivity contribution in [2.75, 3.05) is 0 Å². The summed E-state index contributed by atoms with van der Waals surface area (Å²) < 4.78 is 0. The molecule has 0 aliphatic heterocycles. The topological polar surface area (TPSA) is 0 Å². The van der Waals surface area contributed by atoms with Crippen LogP contribution in [0.3, 0.4) is 0 Å². The van der Waals surface area contributed by atoms with Crippen molar-refractivity contribution in [2.45, 2.75) is 80.1 Å². The molecule has 0 aliphatic carbocycles. The SMILES string of the molecule is CC.CC.CC(C)(C)c1ccccc1.CC(C)(C)c1ccccc1. The maximum atomic E-state index is 2.22. The third-order valence-electron chi connectivity index (χ3n) is 3.28. The Bertz CT molecular complexity index is 432. The van der Waals surface area contributed by atoms with Crippen LogP contribution in [0.5, 0.6) is 0 Å². The van der Waals surface area contributed by atoms with Gasteiger partial charge in [-0.1, -0.05) is 130 Å². The fourth-order valence-electron chi connectivity index (χ4n) is 1.88. The van der Waals surface area contributed by atoms with Crippen LogP contribution in [-0.4, -0.2) is 0 Å². The highest BCUT2D eigenvalue weighted by atomic mass is 14.2. The molecule has 0 spiro atoms. The van der Waals surface area contributed by atoms with E-state index in [9.17, 15) is 0 Å². The molecule has 136 valence electrons. The molecular formula is C24H40. The Morgan fingerprint density at radius 2 is 0.625 bits per heavy atom. The van der Waals surface area contributed by atoms with E-state index < -0.39 is 0 Å². The fraction of sp³-hybridized carbons (Fsp3) is 0.500. The van der Waals surface area contributed by atoms with Crippen LogP contribution in [0, 0.1) is 0 Å². The van der Waals surface area contributed by atoms with Crippen LogP contribution in [0.25, 0.3) is 0 Å². The molecular weight excluding hydrogens is 288 g/mol. The first-order valence-corrected chi connectivity index (χ1v) is 9.32. The Hall–Kier alpha value is -1.56. The molecule has 2 rings (SSSR count). The molecule has 0 atom stereocenters. The quantitative estimate of drug-likeness (QED) is 0.459. The molecule has 0 aliphatic rings. The second-order valence-electron chi connectivity index (χ2n) is 7.23. The Morgan fingerprint density at radius 1 is 0.417 bits per heavy atom. The highest BCUT2D eigenvalue weighted by molar-refractivity contribution is 5.22.